The molecule has 0 N–H and O–H groups in total. The van der Waals surface area contributed by atoms with E-state index in [4.69, 9.17) is 0 Å². The fourth-order valence-corrected chi connectivity index (χ4v) is 8.95. The highest BCUT2D eigenvalue weighted by atomic mass is 15.1. The van der Waals surface area contributed by atoms with Crippen molar-refractivity contribution in [3.8, 4) is 11.1 Å². The number of hydrogen-bond acceptors (Lipinski definition) is 2. The second-order valence-electron chi connectivity index (χ2n) is 15.0. The summed E-state index contributed by atoms with van der Waals surface area (Å²) in [6.07, 6.45) is 5.04. The van der Waals surface area contributed by atoms with Crippen molar-refractivity contribution in [3.63, 3.8) is 0 Å². The molecule has 0 amide bonds. The zero-order valence-corrected chi connectivity index (χ0v) is 30.0. The molecule has 0 atom stereocenters. The lowest BCUT2D eigenvalue weighted by atomic mass is 9.76. The van der Waals surface area contributed by atoms with Gasteiger partial charge in [0.1, 0.15) is 0 Å². The second kappa shape index (κ2) is 13.0. The van der Waals surface area contributed by atoms with Crippen molar-refractivity contribution in [1.82, 2.24) is 0 Å². The Morgan fingerprint density at radius 3 is 1.27 bits per heavy atom. The van der Waals surface area contributed by atoms with Crippen LogP contribution < -0.4 is 9.80 Å². The maximum atomic E-state index is 2.50. The molecule has 2 heteroatoms. The zero-order chi connectivity index (χ0) is 35.1. The average Bonchev–Trinajstić information content (AvgIpc) is 3.81. The molecule has 0 bridgehead atoms. The molecule has 254 valence electrons. The molecule has 9 rings (SSSR count). The quantitative estimate of drug-likeness (QED) is 0.159. The zero-order valence-electron chi connectivity index (χ0n) is 30.0. The molecule has 7 aromatic rings. The normalized spacial score (nSPS) is 14.2. The maximum absolute atomic E-state index is 2.50. The van der Waals surface area contributed by atoms with Gasteiger partial charge in [0, 0.05) is 45.0 Å². The van der Waals surface area contributed by atoms with Gasteiger partial charge in [0.2, 0.25) is 0 Å². The van der Waals surface area contributed by atoms with E-state index in [2.05, 4.69) is 206 Å². The number of para-hydroxylation sites is 3. The number of fused-ring (bicyclic) bond motifs is 5. The lowest BCUT2D eigenvalue weighted by Crippen LogP contribution is -2.21. The third kappa shape index (κ3) is 5.42. The molecule has 7 aromatic carbocycles. The van der Waals surface area contributed by atoms with Crippen molar-refractivity contribution < 1.29 is 0 Å². The van der Waals surface area contributed by atoms with Crippen molar-refractivity contribution >= 4 is 34.1 Å². The highest BCUT2D eigenvalue weighted by Gasteiger charge is 2.45. The molecule has 0 aromatic heterocycles. The van der Waals surface area contributed by atoms with Crippen molar-refractivity contribution in [3.05, 3.63) is 204 Å². The Morgan fingerprint density at radius 2 is 0.769 bits per heavy atom. The van der Waals surface area contributed by atoms with Crippen LogP contribution in [-0.2, 0) is 10.8 Å². The van der Waals surface area contributed by atoms with Crippen molar-refractivity contribution in [2.24, 2.45) is 0 Å². The Hall–Kier alpha value is -5.86. The van der Waals surface area contributed by atoms with Crippen LogP contribution in [0.3, 0.4) is 0 Å². The van der Waals surface area contributed by atoms with Gasteiger partial charge in [-0.05, 0) is 119 Å². The summed E-state index contributed by atoms with van der Waals surface area (Å²) in [4.78, 5) is 4.75. The first kappa shape index (κ1) is 32.1. The molecule has 2 aliphatic carbocycles. The third-order valence-corrected chi connectivity index (χ3v) is 11.7. The van der Waals surface area contributed by atoms with E-state index in [9.17, 15) is 0 Å². The van der Waals surface area contributed by atoms with E-state index in [-0.39, 0.29) is 10.8 Å². The van der Waals surface area contributed by atoms with Crippen molar-refractivity contribution in [2.45, 2.75) is 50.4 Å². The molecule has 52 heavy (non-hydrogen) atoms. The summed E-state index contributed by atoms with van der Waals surface area (Å²) in [5.74, 6) is 0. The average molecular weight is 673 g/mol. The summed E-state index contributed by atoms with van der Waals surface area (Å²) < 4.78 is 0. The van der Waals surface area contributed by atoms with Crippen LogP contribution >= 0.6 is 0 Å². The standard InChI is InChI=1S/C50H44N2/c1-49(2,37-24-28-42(29-25-37)51(39-16-6-3-7-17-39)40-18-8-4-9-19-40)38-26-30-43(31-27-38)52(41-20-10-5-11-21-41)44-32-33-46-45-22-12-13-23-47(45)50(48(46)36-44)34-14-15-35-50/h3-13,16-33,36H,14-15,34-35H2,1-2H3. The van der Waals surface area contributed by atoms with Gasteiger partial charge in [0.25, 0.3) is 0 Å². The van der Waals surface area contributed by atoms with Crippen LogP contribution in [0, 0.1) is 0 Å². The Morgan fingerprint density at radius 1 is 0.385 bits per heavy atom. The maximum Gasteiger partial charge on any atom is 0.0465 e. The number of anilines is 6. The van der Waals surface area contributed by atoms with E-state index in [0.717, 1.165) is 17.1 Å². The molecule has 1 saturated carbocycles. The number of benzene rings is 7. The summed E-state index contributed by atoms with van der Waals surface area (Å²) in [6, 6.07) is 66.7. The molecule has 2 nitrogen and oxygen atoms in total. The van der Waals surface area contributed by atoms with Gasteiger partial charge < -0.3 is 9.80 Å². The lowest BCUT2D eigenvalue weighted by molar-refractivity contribution is 0.550. The van der Waals surface area contributed by atoms with Crippen LogP contribution in [-0.4, -0.2) is 0 Å². The minimum Gasteiger partial charge on any atom is -0.311 e. The predicted octanol–water partition coefficient (Wildman–Crippen LogP) is 13.8. The van der Waals surface area contributed by atoms with E-state index < -0.39 is 0 Å². The Kier molecular flexibility index (Phi) is 8.04. The molecule has 2 aliphatic rings. The van der Waals surface area contributed by atoms with Gasteiger partial charge >= 0.3 is 0 Å². The van der Waals surface area contributed by atoms with E-state index in [0.29, 0.717) is 0 Å². The fraction of sp³-hybridized carbons (Fsp3) is 0.160. The summed E-state index contributed by atoms with van der Waals surface area (Å²) in [7, 11) is 0. The monoisotopic (exact) mass is 672 g/mol. The van der Waals surface area contributed by atoms with Crippen LogP contribution in [0.25, 0.3) is 11.1 Å². The van der Waals surface area contributed by atoms with Gasteiger partial charge in [-0.15, -0.1) is 0 Å². The van der Waals surface area contributed by atoms with Crippen LogP contribution in [0.1, 0.15) is 61.8 Å². The van der Waals surface area contributed by atoms with E-state index in [1.807, 2.05) is 0 Å². The molecule has 0 aliphatic heterocycles. The SMILES string of the molecule is CC(C)(c1ccc(N(c2ccccc2)c2ccccc2)cc1)c1ccc(N(c2ccccc2)c2ccc3c(c2)C2(CCCC2)c2ccccc2-3)cc1. The van der Waals surface area contributed by atoms with Crippen molar-refractivity contribution in [1.29, 1.82) is 0 Å². The summed E-state index contributed by atoms with van der Waals surface area (Å²) >= 11 is 0. The third-order valence-electron chi connectivity index (χ3n) is 11.7. The second-order valence-corrected chi connectivity index (χ2v) is 15.0. The minimum absolute atomic E-state index is 0.132. The first-order valence-electron chi connectivity index (χ1n) is 18.7. The van der Waals surface area contributed by atoms with Gasteiger partial charge in [0.05, 0.1) is 0 Å². The van der Waals surface area contributed by atoms with E-state index in [1.165, 1.54) is 76.1 Å². The Bertz CT molecular complexity index is 2260. The van der Waals surface area contributed by atoms with Gasteiger partial charge in [-0.2, -0.15) is 0 Å². The molecule has 0 radical (unpaired) electrons. The first-order valence-corrected chi connectivity index (χ1v) is 18.7. The number of rotatable bonds is 8. The first-order chi connectivity index (χ1) is 25.5. The molecule has 1 fully saturated rings. The Labute approximate surface area is 308 Å². The summed E-state index contributed by atoms with van der Waals surface area (Å²) in [6.45, 7) is 4.66. The smallest absolute Gasteiger partial charge is 0.0465 e. The van der Waals surface area contributed by atoms with Crippen LogP contribution in [0.5, 0.6) is 0 Å². The van der Waals surface area contributed by atoms with E-state index in [1.54, 1.807) is 0 Å². The summed E-state index contributed by atoms with van der Waals surface area (Å²) in [5, 5.41) is 0. The van der Waals surface area contributed by atoms with Gasteiger partial charge in [-0.1, -0.05) is 136 Å². The minimum atomic E-state index is -0.187. The molecular formula is C50H44N2. The molecule has 1 spiro atoms. The highest BCUT2D eigenvalue weighted by molar-refractivity contribution is 5.86. The van der Waals surface area contributed by atoms with Gasteiger partial charge in [-0.25, -0.2) is 0 Å². The van der Waals surface area contributed by atoms with Gasteiger partial charge in [0.15, 0.2) is 0 Å². The van der Waals surface area contributed by atoms with Gasteiger partial charge in [-0.3, -0.25) is 0 Å². The fourth-order valence-electron chi connectivity index (χ4n) is 8.95. The largest absolute Gasteiger partial charge is 0.311 e. The Balaban J connectivity index is 1.05. The van der Waals surface area contributed by atoms with Crippen LogP contribution in [0.2, 0.25) is 0 Å². The molecule has 0 saturated heterocycles. The topological polar surface area (TPSA) is 6.48 Å². The highest BCUT2D eigenvalue weighted by Crippen LogP contribution is 2.57. The van der Waals surface area contributed by atoms with Crippen LogP contribution in [0.4, 0.5) is 34.1 Å². The molecule has 0 heterocycles. The predicted molar refractivity (Wildman–Crippen MR) is 219 cm³/mol. The molecule has 0 unspecified atom stereocenters. The van der Waals surface area contributed by atoms with E-state index >= 15 is 0 Å². The van der Waals surface area contributed by atoms with Crippen LogP contribution in [0.15, 0.2) is 182 Å². The number of hydrogen-bond donors (Lipinski definition) is 0. The van der Waals surface area contributed by atoms with Crippen molar-refractivity contribution in [2.75, 3.05) is 9.80 Å². The number of nitrogens with zero attached hydrogens (tertiary/aromatic N) is 2. The summed E-state index contributed by atoms with van der Waals surface area (Å²) in [5.41, 5.74) is 15.4. The lowest BCUT2D eigenvalue weighted by Gasteiger charge is -2.31. The molecular weight excluding hydrogens is 629 g/mol.